The van der Waals surface area contributed by atoms with Crippen LogP contribution < -0.4 is 20.5 Å². The second-order valence-electron chi connectivity index (χ2n) is 4.37. The highest BCUT2D eigenvalue weighted by molar-refractivity contribution is 5.91. The number of rotatable bonds is 5. The molecule has 21 heavy (non-hydrogen) atoms. The smallest absolute Gasteiger partial charge is 0.246 e. The van der Waals surface area contributed by atoms with Crippen LogP contribution >= 0.6 is 0 Å². The van der Waals surface area contributed by atoms with E-state index in [4.69, 9.17) is 15.2 Å². The predicted molar refractivity (Wildman–Crippen MR) is 77.3 cm³/mol. The average Bonchev–Trinajstić information content (AvgIpc) is 2.85. The molecule has 0 aliphatic heterocycles. The van der Waals surface area contributed by atoms with Crippen molar-refractivity contribution in [1.82, 2.24) is 14.8 Å². The van der Waals surface area contributed by atoms with E-state index in [1.54, 1.807) is 19.2 Å². The number of hydrogen-bond donors (Lipinski definition) is 2. The Labute approximate surface area is 121 Å². The van der Waals surface area contributed by atoms with Crippen LogP contribution in [0.4, 0.5) is 11.6 Å². The summed E-state index contributed by atoms with van der Waals surface area (Å²) in [6.07, 6.45) is 1.40. The molecule has 2 aromatic rings. The number of carbonyl (C=O) groups excluding carboxylic acids is 1. The Hall–Kier alpha value is -2.77. The number of methoxy groups -OCH3 is 2. The number of anilines is 2. The van der Waals surface area contributed by atoms with Gasteiger partial charge in [-0.3, -0.25) is 4.79 Å². The second kappa shape index (κ2) is 6.12. The molecule has 0 spiro atoms. The van der Waals surface area contributed by atoms with Gasteiger partial charge in [-0.05, 0) is 18.6 Å². The molecule has 1 heterocycles. The quantitative estimate of drug-likeness (QED) is 0.845. The first-order valence-corrected chi connectivity index (χ1v) is 6.21. The summed E-state index contributed by atoms with van der Waals surface area (Å²) in [4.78, 5) is 15.7. The molecular formula is C13H17N5O3. The second-order valence-corrected chi connectivity index (χ2v) is 4.37. The van der Waals surface area contributed by atoms with E-state index in [9.17, 15) is 4.79 Å². The molecule has 112 valence electrons. The molecule has 1 aromatic heterocycles. The summed E-state index contributed by atoms with van der Waals surface area (Å²) in [6.45, 7) is 1.89. The average molecular weight is 291 g/mol. The van der Waals surface area contributed by atoms with Crippen LogP contribution in [0.25, 0.3) is 0 Å². The maximum atomic E-state index is 12.0. The molecule has 0 unspecified atom stereocenters. The number of amides is 1. The number of ether oxygens (including phenoxy) is 2. The summed E-state index contributed by atoms with van der Waals surface area (Å²) in [6, 6.07) is 3.50. The van der Waals surface area contributed by atoms with E-state index in [1.165, 1.54) is 18.1 Å². The summed E-state index contributed by atoms with van der Waals surface area (Å²) in [5.41, 5.74) is 6.90. The fourth-order valence-electron chi connectivity index (χ4n) is 1.84. The minimum atomic E-state index is -0.241. The molecule has 8 nitrogen and oxygen atoms in total. The molecule has 0 bridgehead atoms. The number of hydrogen-bond acceptors (Lipinski definition) is 6. The van der Waals surface area contributed by atoms with Gasteiger partial charge in [-0.2, -0.15) is 0 Å². The van der Waals surface area contributed by atoms with Crippen molar-refractivity contribution in [2.24, 2.45) is 0 Å². The number of benzene rings is 1. The van der Waals surface area contributed by atoms with Gasteiger partial charge >= 0.3 is 0 Å². The molecule has 0 atom stereocenters. The molecule has 3 N–H and O–H groups in total. The van der Waals surface area contributed by atoms with E-state index in [0.29, 0.717) is 17.2 Å². The van der Waals surface area contributed by atoms with E-state index in [0.717, 1.165) is 5.56 Å². The minimum Gasteiger partial charge on any atom is -0.493 e. The number of aromatic nitrogens is 3. The zero-order valence-electron chi connectivity index (χ0n) is 12.1. The van der Waals surface area contributed by atoms with Crippen LogP contribution in [0, 0.1) is 6.92 Å². The van der Waals surface area contributed by atoms with E-state index >= 15 is 0 Å². The summed E-state index contributed by atoms with van der Waals surface area (Å²) < 4.78 is 11.8. The van der Waals surface area contributed by atoms with Crippen molar-refractivity contribution in [2.75, 3.05) is 25.3 Å². The highest BCUT2D eigenvalue weighted by Gasteiger charge is 2.11. The fourth-order valence-corrected chi connectivity index (χ4v) is 1.84. The molecule has 2 rings (SSSR count). The highest BCUT2D eigenvalue weighted by atomic mass is 16.5. The summed E-state index contributed by atoms with van der Waals surface area (Å²) in [5, 5.41) is 6.64. The normalized spacial score (nSPS) is 10.2. The Bertz CT molecular complexity index is 653. The number of aryl methyl sites for hydroxylation is 1. The van der Waals surface area contributed by atoms with Gasteiger partial charge in [0.1, 0.15) is 12.9 Å². The minimum absolute atomic E-state index is 0.0258. The lowest BCUT2D eigenvalue weighted by atomic mass is 10.1. The molecular weight excluding hydrogens is 274 g/mol. The van der Waals surface area contributed by atoms with Crippen LogP contribution in [0.1, 0.15) is 5.56 Å². The van der Waals surface area contributed by atoms with Gasteiger partial charge < -0.3 is 20.5 Å². The molecule has 0 saturated heterocycles. The first-order valence-electron chi connectivity index (χ1n) is 6.21. The van der Waals surface area contributed by atoms with E-state index in [2.05, 4.69) is 15.4 Å². The monoisotopic (exact) mass is 291 g/mol. The number of carbonyl (C=O) groups is 1. The van der Waals surface area contributed by atoms with Gasteiger partial charge in [0, 0.05) is 11.8 Å². The SMILES string of the molecule is COc1cc(C)c(NC(=O)Cn2cnc(N)n2)cc1OC. The Balaban J connectivity index is 2.13. The predicted octanol–water partition coefficient (Wildman–Crippen LogP) is 0.825. The van der Waals surface area contributed by atoms with Crippen LogP contribution in [-0.2, 0) is 11.3 Å². The highest BCUT2D eigenvalue weighted by Crippen LogP contribution is 2.32. The van der Waals surface area contributed by atoms with Gasteiger partial charge in [0.05, 0.1) is 14.2 Å². The van der Waals surface area contributed by atoms with Crippen molar-refractivity contribution in [3.63, 3.8) is 0 Å². The Morgan fingerprint density at radius 1 is 1.33 bits per heavy atom. The third-order valence-electron chi connectivity index (χ3n) is 2.86. The van der Waals surface area contributed by atoms with Crippen LogP contribution in [0.5, 0.6) is 11.5 Å². The third-order valence-corrected chi connectivity index (χ3v) is 2.86. The van der Waals surface area contributed by atoms with Crippen molar-refractivity contribution in [1.29, 1.82) is 0 Å². The molecule has 1 aromatic carbocycles. The molecule has 0 aliphatic carbocycles. The molecule has 0 radical (unpaired) electrons. The van der Waals surface area contributed by atoms with E-state index in [-0.39, 0.29) is 18.4 Å². The van der Waals surface area contributed by atoms with Gasteiger partial charge in [-0.15, -0.1) is 5.10 Å². The van der Waals surface area contributed by atoms with E-state index < -0.39 is 0 Å². The largest absolute Gasteiger partial charge is 0.493 e. The van der Waals surface area contributed by atoms with Crippen molar-refractivity contribution in [3.8, 4) is 11.5 Å². The number of nitrogens with zero attached hydrogens (tertiary/aromatic N) is 3. The Morgan fingerprint density at radius 3 is 2.57 bits per heavy atom. The Kier molecular flexibility index (Phi) is 4.27. The molecule has 8 heteroatoms. The number of nitrogens with one attached hydrogen (secondary N) is 1. The molecule has 0 saturated carbocycles. The lowest BCUT2D eigenvalue weighted by molar-refractivity contribution is -0.116. The van der Waals surface area contributed by atoms with Gasteiger partial charge in [-0.1, -0.05) is 0 Å². The first kappa shape index (κ1) is 14.6. The Morgan fingerprint density at radius 2 is 2.00 bits per heavy atom. The maximum Gasteiger partial charge on any atom is 0.246 e. The van der Waals surface area contributed by atoms with Gasteiger partial charge in [-0.25, -0.2) is 9.67 Å². The number of nitrogens with two attached hydrogens (primary N) is 1. The number of nitrogen functional groups attached to an aromatic ring is 1. The van der Waals surface area contributed by atoms with Crippen molar-refractivity contribution >= 4 is 17.5 Å². The van der Waals surface area contributed by atoms with Gasteiger partial charge in [0.2, 0.25) is 11.9 Å². The lowest BCUT2D eigenvalue weighted by Crippen LogP contribution is -2.19. The zero-order valence-corrected chi connectivity index (χ0v) is 12.1. The first-order chi connectivity index (χ1) is 10.0. The topological polar surface area (TPSA) is 104 Å². The van der Waals surface area contributed by atoms with Crippen molar-refractivity contribution < 1.29 is 14.3 Å². The molecule has 0 fully saturated rings. The molecule has 1 amide bonds. The summed E-state index contributed by atoms with van der Waals surface area (Å²) >= 11 is 0. The van der Waals surface area contributed by atoms with Gasteiger partial charge in [0.25, 0.3) is 0 Å². The van der Waals surface area contributed by atoms with Crippen LogP contribution in [0.3, 0.4) is 0 Å². The lowest BCUT2D eigenvalue weighted by Gasteiger charge is -2.13. The van der Waals surface area contributed by atoms with E-state index in [1.807, 2.05) is 6.92 Å². The summed E-state index contributed by atoms with van der Waals surface area (Å²) in [5.74, 6) is 1.04. The third kappa shape index (κ3) is 3.41. The van der Waals surface area contributed by atoms with Crippen molar-refractivity contribution in [2.45, 2.75) is 13.5 Å². The summed E-state index contributed by atoms with van der Waals surface area (Å²) in [7, 11) is 3.10. The fraction of sp³-hybridized carbons (Fsp3) is 0.308. The maximum absolute atomic E-state index is 12.0. The standard InChI is InChI=1S/C13H17N5O3/c1-8-4-10(20-2)11(21-3)5-9(8)16-12(19)6-18-7-15-13(14)17-18/h4-5,7H,6H2,1-3H3,(H2,14,17)(H,16,19). The van der Waals surface area contributed by atoms with Crippen LogP contribution in [-0.4, -0.2) is 34.9 Å². The molecule has 0 aliphatic rings. The zero-order chi connectivity index (χ0) is 15.4. The van der Waals surface area contributed by atoms with Crippen molar-refractivity contribution in [3.05, 3.63) is 24.0 Å². The van der Waals surface area contributed by atoms with Crippen LogP contribution in [0.2, 0.25) is 0 Å². The van der Waals surface area contributed by atoms with Crippen LogP contribution in [0.15, 0.2) is 18.5 Å². The van der Waals surface area contributed by atoms with Gasteiger partial charge in [0.15, 0.2) is 11.5 Å².